The summed E-state index contributed by atoms with van der Waals surface area (Å²) in [6.07, 6.45) is 6.27. The van der Waals surface area contributed by atoms with Crippen molar-refractivity contribution in [3.05, 3.63) is 24.3 Å². The maximum Gasteiger partial charge on any atom is 0.222 e. The molecule has 130 valence electrons. The molecule has 0 unspecified atom stereocenters. The van der Waals surface area contributed by atoms with Crippen LogP contribution in [0.1, 0.15) is 32.1 Å². The minimum atomic E-state index is 0.387. The Morgan fingerprint density at radius 3 is 2.67 bits per heavy atom. The summed E-state index contributed by atoms with van der Waals surface area (Å²) in [7, 11) is 1.70. The number of hydrogen-bond acceptors (Lipinski definition) is 3. The van der Waals surface area contributed by atoms with E-state index in [1.807, 2.05) is 12.1 Å². The molecule has 2 saturated carbocycles. The lowest BCUT2D eigenvalue weighted by atomic mass is 9.86. The number of amides is 1. The minimum absolute atomic E-state index is 0.387. The van der Waals surface area contributed by atoms with E-state index in [9.17, 15) is 4.79 Å². The van der Waals surface area contributed by atoms with Gasteiger partial charge in [-0.3, -0.25) is 4.79 Å². The van der Waals surface area contributed by atoms with Crippen LogP contribution in [0.15, 0.2) is 24.3 Å². The highest BCUT2D eigenvalue weighted by Gasteiger charge is 2.40. The van der Waals surface area contributed by atoms with E-state index >= 15 is 0 Å². The molecule has 3 atom stereocenters. The van der Waals surface area contributed by atoms with Crippen LogP contribution in [-0.4, -0.2) is 44.1 Å². The summed E-state index contributed by atoms with van der Waals surface area (Å²) >= 11 is 0. The average molecular weight is 328 g/mol. The molecule has 24 heavy (non-hydrogen) atoms. The fraction of sp³-hybridized carbons (Fsp3) is 0.650. The second-order valence-corrected chi connectivity index (χ2v) is 7.71. The van der Waals surface area contributed by atoms with Gasteiger partial charge in [-0.25, -0.2) is 0 Å². The number of methoxy groups -OCH3 is 1. The van der Waals surface area contributed by atoms with Crippen molar-refractivity contribution in [3.8, 4) is 5.75 Å². The van der Waals surface area contributed by atoms with Gasteiger partial charge in [-0.1, -0.05) is 12.5 Å². The van der Waals surface area contributed by atoms with E-state index in [-0.39, 0.29) is 0 Å². The van der Waals surface area contributed by atoms with Gasteiger partial charge in [0, 0.05) is 44.4 Å². The van der Waals surface area contributed by atoms with E-state index in [1.165, 1.54) is 31.4 Å². The summed E-state index contributed by atoms with van der Waals surface area (Å²) in [6.45, 7) is 3.51. The minimum Gasteiger partial charge on any atom is -0.497 e. The monoisotopic (exact) mass is 328 g/mol. The number of benzene rings is 1. The van der Waals surface area contributed by atoms with Crippen LogP contribution >= 0.6 is 0 Å². The highest BCUT2D eigenvalue weighted by atomic mass is 16.5. The quantitative estimate of drug-likeness (QED) is 0.851. The molecule has 1 aliphatic heterocycles. The van der Waals surface area contributed by atoms with Gasteiger partial charge in [0.2, 0.25) is 5.91 Å². The Labute approximate surface area is 144 Å². The lowest BCUT2D eigenvalue weighted by molar-refractivity contribution is -0.132. The van der Waals surface area contributed by atoms with Crippen molar-refractivity contribution in [2.24, 2.45) is 17.8 Å². The van der Waals surface area contributed by atoms with Crippen LogP contribution in [0.3, 0.4) is 0 Å². The van der Waals surface area contributed by atoms with Gasteiger partial charge in [0.05, 0.1) is 7.11 Å². The smallest absolute Gasteiger partial charge is 0.222 e. The number of nitrogens with zero attached hydrogens (tertiary/aromatic N) is 2. The van der Waals surface area contributed by atoms with E-state index < -0.39 is 0 Å². The molecule has 3 aliphatic rings. The second-order valence-electron chi connectivity index (χ2n) is 7.71. The Hall–Kier alpha value is -1.71. The van der Waals surface area contributed by atoms with E-state index in [1.54, 1.807) is 7.11 Å². The summed E-state index contributed by atoms with van der Waals surface area (Å²) in [5.41, 5.74) is 1.19. The van der Waals surface area contributed by atoms with Gasteiger partial charge < -0.3 is 14.5 Å². The molecule has 2 bridgehead atoms. The first kappa shape index (κ1) is 15.8. The van der Waals surface area contributed by atoms with Gasteiger partial charge >= 0.3 is 0 Å². The third-order valence-electron chi connectivity index (χ3n) is 6.37. The lowest BCUT2D eigenvalue weighted by Gasteiger charge is -2.37. The molecule has 2 aliphatic carbocycles. The molecule has 0 radical (unpaired) electrons. The topological polar surface area (TPSA) is 32.8 Å². The Bertz CT molecular complexity index is 595. The number of carbonyl (C=O) groups is 1. The summed E-state index contributed by atoms with van der Waals surface area (Å²) in [5.74, 6) is 3.72. The zero-order valence-corrected chi connectivity index (χ0v) is 14.6. The summed E-state index contributed by atoms with van der Waals surface area (Å²) < 4.78 is 5.31. The predicted octanol–water partition coefficient (Wildman–Crippen LogP) is 3.17. The van der Waals surface area contributed by atoms with Crippen LogP contribution in [0.5, 0.6) is 5.75 Å². The van der Waals surface area contributed by atoms with E-state index in [0.29, 0.717) is 11.8 Å². The Balaban J connectivity index is 1.30. The Morgan fingerprint density at radius 2 is 2.00 bits per heavy atom. The van der Waals surface area contributed by atoms with Crippen molar-refractivity contribution >= 4 is 11.6 Å². The molecule has 1 heterocycles. The number of hydrogen-bond donors (Lipinski definition) is 0. The van der Waals surface area contributed by atoms with Gasteiger partial charge in [-0.05, 0) is 49.1 Å². The Morgan fingerprint density at radius 1 is 1.17 bits per heavy atom. The van der Waals surface area contributed by atoms with Crippen LogP contribution in [0.2, 0.25) is 0 Å². The van der Waals surface area contributed by atoms with Crippen LogP contribution in [0.4, 0.5) is 5.69 Å². The fourth-order valence-corrected chi connectivity index (χ4v) is 5.00. The van der Waals surface area contributed by atoms with Crippen molar-refractivity contribution in [2.75, 3.05) is 38.2 Å². The zero-order valence-electron chi connectivity index (χ0n) is 14.6. The first-order valence-corrected chi connectivity index (χ1v) is 9.39. The van der Waals surface area contributed by atoms with Crippen LogP contribution < -0.4 is 9.64 Å². The van der Waals surface area contributed by atoms with Crippen LogP contribution in [-0.2, 0) is 4.79 Å². The molecule has 1 saturated heterocycles. The predicted molar refractivity (Wildman–Crippen MR) is 95.3 cm³/mol. The molecule has 1 aromatic rings. The molecule has 4 heteroatoms. The first-order valence-electron chi connectivity index (χ1n) is 9.39. The number of ether oxygens (including phenoxy) is 1. The standard InChI is InChI=1S/C20H28N2O2/c1-24-19-4-2-3-18(14-19)21-7-9-22(10-8-21)20(23)13-17-12-15-5-6-16(17)11-15/h2-4,14-17H,5-13H2,1H3/t15-,16-,17+/m0/s1. The highest BCUT2D eigenvalue weighted by molar-refractivity contribution is 5.77. The van der Waals surface area contributed by atoms with Gasteiger partial charge in [-0.2, -0.15) is 0 Å². The third kappa shape index (κ3) is 3.11. The van der Waals surface area contributed by atoms with E-state index in [4.69, 9.17) is 4.74 Å². The van der Waals surface area contributed by atoms with E-state index in [2.05, 4.69) is 21.9 Å². The van der Waals surface area contributed by atoms with Crippen molar-refractivity contribution in [1.29, 1.82) is 0 Å². The number of anilines is 1. The lowest BCUT2D eigenvalue weighted by Crippen LogP contribution is -2.49. The number of piperazine rings is 1. The van der Waals surface area contributed by atoms with Gasteiger partial charge in [0.1, 0.15) is 5.75 Å². The average Bonchev–Trinajstić information content (AvgIpc) is 3.25. The molecule has 1 amide bonds. The number of fused-ring (bicyclic) bond motifs is 2. The molecule has 0 aromatic heterocycles. The normalized spacial score (nSPS) is 29.1. The van der Waals surface area contributed by atoms with Crippen molar-refractivity contribution in [1.82, 2.24) is 4.90 Å². The third-order valence-corrected chi connectivity index (χ3v) is 6.37. The van der Waals surface area contributed by atoms with Gasteiger partial charge in [0.15, 0.2) is 0 Å². The molecule has 0 spiro atoms. The number of carbonyl (C=O) groups excluding carboxylic acids is 1. The molecule has 0 N–H and O–H groups in total. The second kappa shape index (κ2) is 6.66. The summed E-state index contributed by atoms with van der Waals surface area (Å²) in [4.78, 5) is 17.1. The maximum absolute atomic E-state index is 12.7. The van der Waals surface area contributed by atoms with Gasteiger partial charge in [0.25, 0.3) is 0 Å². The highest BCUT2D eigenvalue weighted by Crippen LogP contribution is 2.49. The molecule has 4 nitrogen and oxygen atoms in total. The van der Waals surface area contributed by atoms with E-state index in [0.717, 1.165) is 50.2 Å². The first-order chi connectivity index (χ1) is 11.7. The molecule has 3 fully saturated rings. The van der Waals surface area contributed by atoms with Crippen LogP contribution in [0, 0.1) is 17.8 Å². The maximum atomic E-state index is 12.7. The molecule has 1 aromatic carbocycles. The zero-order chi connectivity index (χ0) is 16.5. The summed E-state index contributed by atoms with van der Waals surface area (Å²) in [6, 6.07) is 8.20. The van der Waals surface area contributed by atoms with Crippen LogP contribution in [0.25, 0.3) is 0 Å². The fourth-order valence-electron chi connectivity index (χ4n) is 5.00. The largest absolute Gasteiger partial charge is 0.497 e. The van der Waals surface area contributed by atoms with Crippen molar-refractivity contribution in [2.45, 2.75) is 32.1 Å². The number of rotatable bonds is 4. The van der Waals surface area contributed by atoms with Crippen molar-refractivity contribution in [3.63, 3.8) is 0 Å². The van der Waals surface area contributed by atoms with Crippen molar-refractivity contribution < 1.29 is 9.53 Å². The molecular formula is C20H28N2O2. The Kier molecular flexibility index (Phi) is 4.38. The van der Waals surface area contributed by atoms with Gasteiger partial charge in [-0.15, -0.1) is 0 Å². The SMILES string of the molecule is COc1cccc(N2CCN(C(=O)C[C@H]3C[C@H]4CC[C@H]3C4)CC2)c1. The molecule has 4 rings (SSSR count). The molecular weight excluding hydrogens is 300 g/mol. The summed E-state index contributed by atoms with van der Waals surface area (Å²) in [5, 5.41) is 0.